The number of nitrogens with one attached hydrogen (secondary N) is 1. The van der Waals surface area contributed by atoms with Crippen LogP contribution in [0.3, 0.4) is 0 Å². The molecule has 7 heteroatoms. The Morgan fingerprint density at radius 1 is 1.42 bits per heavy atom. The van der Waals surface area contributed by atoms with Crippen molar-refractivity contribution < 1.29 is 9.18 Å². The van der Waals surface area contributed by atoms with Crippen LogP contribution in [0, 0.1) is 5.82 Å². The summed E-state index contributed by atoms with van der Waals surface area (Å²) in [6.45, 7) is 3.43. The minimum atomic E-state index is -0.292. The minimum Gasteiger partial charge on any atom is -0.340 e. The van der Waals surface area contributed by atoms with E-state index in [2.05, 4.69) is 21.9 Å². The number of rotatable bonds is 5. The Balaban J connectivity index is 1.49. The van der Waals surface area contributed by atoms with E-state index in [0.717, 1.165) is 43.0 Å². The van der Waals surface area contributed by atoms with Crippen molar-refractivity contribution in [1.82, 2.24) is 24.4 Å². The van der Waals surface area contributed by atoms with Crippen molar-refractivity contribution in [2.24, 2.45) is 0 Å². The third-order valence-electron chi connectivity index (χ3n) is 5.04. The topological polar surface area (TPSA) is 66.8 Å². The number of aromatic amines is 1. The Bertz CT molecular complexity index is 931. The molecule has 0 saturated carbocycles. The number of hydrogen-bond donors (Lipinski definition) is 1. The van der Waals surface area contributed by atoms with Crippen molar-refractivity contribution in [1.29, 1.82) is 0 Å². The highest BCUT2D eigenvalue weighted by Crippen LogP contribution is 2.32. The lowest BCUT2D eigenvalue weighted by Gasteiger charge is -2.23. The van der Waals surface area contributed by atoms with Crippen LogP contribution in [0.15, 0.2) is 30.6 Å². The molecule has 3 aromatic rings. The van der Waals surface area contributed by atoms with E-state index >= 15 is 0 Å². The zero-order chi connectivity index (χ0) is 18.1. The molecule has 0 radical (unpaired) electrons. The summed E-state index contributed by atoms with van der Waals surface area (Å²) in [6, 6.07) is 4.45. The summed E-state index contributed by atoms with van der Waals surface area (Å²) >= 11 is 0. The van der Waals surface area contributed by atoms with E-state index in [1.54, 1.807) is 12.3 Å². The number of benzene rings is 1. The fourth-order valence-corrected chi connectivity index (χ4v) is 3.73. The summed E-state index contributed by atoms with van der Waals surface area (Å²) in [5, 5.41) is 0. The zero-order valence-corrected chi connectivity index (χ0v) is 14.8. The first kappa shape index (κ1) is 16.8. The lowest BCUT2D eigenvalue weighted by Crippen LogP contribution is -2.31. The molecule has 1 atom stereocenters. The van der Waals surface area contributed by atoms with Crippen molar-refractivity contribution in [2.45, 2.75) is 45.2 Å². The van der Waals surface area contributed by atoms with Gasteiger partial charge in [0.2, 0.25) is 5.91 Å². The standard InChI is InChI=1S/C19H22FN5O/c1-2-17-21-8-11-24(17)10-7-18(26)25-9-3-4-16(25)19-22-14-6-5-13(20)12-15(14)23-19/h5-6,8,11-12,16H,2-4,7,9-10H2,1H3,(H,22,23)/t16-/m1/s1. The average Bonchev–Trinajstić information content (AvgIpc) is 3.36. The monoisotopic (exact) mass is 355 g/mol. The fraction of sp³-hybridized carbons (Fsp3) is 0.421. The number of H-pyrrole nitrogens is 1. The van der Waals surface area contributed by atoms with Gasteiger partial charge in [-0.3, -0.25) is 4.79 Å². The highest BCUT2D eigenvalue weighted by Gasteiger charge is 2.31. The van der Waals surface area contributed by atoms with E-state index in [1.165, 1.54) is 12.1 Å². The second kappa shape index (κ2) is 6.90. The Morgan fingerprint density at radius 2 is 2.31 bits per heavy atom. The summed E-state index contributed by atoms with van der Waals surface area (Å²) in [5.41, 5.74) is 1.40. The molecular formula is C19H22FN5O. The van der Waals surface area contributed by atoms with Crippen molar-refractivity contribution >= 4 is 16.9 Å². The number of hydrogen-bond acceptors (Lipinski definition) is 3. The van der Waals surface area contributed by atoms with Crippen LogP contribution in [0.5, 0.6) is 0 Å². The van der Waals surface area contributed by atoms with Gasteiger partial charge in [0.1, 0.15) is 17.5 Å². The average molecular weight is 355 g/mol. The van der Waals surface area contributed by atoms with E-state index in [0.29, 0.717) is 18.5 Å². The highest BCUT2D eigenvalue weighted by molar-refractivity contribution is 5.78. The van der Waals surface area contributed by atoms with Crippen LogP contribution in [0.1, 0.15) is 43.9 Å². The molecule has 0 spiro atoms. The van der Waals surface area contributed by atoms with Gasteiger partial charge in [0.05, 0.1) is 17.1 Å². The smallest absolute Gasteiger partial charge is 0.224 e. The molecule has 0 aliphatic carbocycles. The number of carbonyl (C=O) groups excluding carboxylic acids is 1. The van der Waals surface area contributed by atoms with Gasteiger partial charge in [-0.2, -0.15) is 0 Å². The summed E-state index contributed by atoms with van der Waals surface area (Å²) in [4.78, 5) is 26.7. The van der Waals surface area contributed by atoms with E-state index < -0.39 is 0 Å². The predicted octanol–water partition coefficient (Wildman–Crippen LogP) is 3.21. The second-order valence-electron chi connectivity index (χ2n) is 6.67. The summed E-state index contributed by atoms with van der Waals surface area (Å²) in [7, 11) is 0. The maximum atomic E-state index is 13.4. The molecule has 26 heavy (non-hydrogen) atoms. The van der Waals surface area contributed by atoms with Gasteiger partial charge < -0.3 is 14.5 Å². The van der Waals surface area contributed by atoms with Gasteiger partial charge in [-0.25, -0.2) is 14.4 Å². The molecule has 1 aliphatic heterocycles. The van der Waals surface area contributed by atoms with Crippen molar-refractivity contribution in [3.05, 3.63) is 48.1 Å². The normalized spacial score (nSPS) is 17.3. The fourth-order valence-electron chi connectivity index (χ4n) is 3.73. The minimum absolute atomic E-state index is 0.0635. The quantitative estimate of drug-likeness (QED) is 0.764. The van der Waals surface area contributed by atoms with Crippen LogP contribution in [0.25, 0.3) is 11.0 Å². The number of carbonyl (C=O) groups is 1. The molecule has 0 unspecified atom stereocenters. The van der Waals surface area contributed by atoms with Gasteiger partial charge in [0.15, 0.2) is 0 Å². The van der Waals surface area contributed by atoms with Gasteiger partial charge in [-0.1, -0.05) is 6.92 Å². The first-order chi connectivity index (χ1) is 12.7. The first-order valence-electron chi connectivity index (χ1n) is 9.10. The molecule has 6 nitrogen and oxygen atoms in total. The summed E-state index contributed by atoms with van der Waals surface area (Å²) in [6.07, 6.45) is 6.81. The van der Waals surface area contributed by atoms with Crippen LogP contribution >= 0.6 is 0 Å². The van der Waals surface area contributed by atoms with Gasteiger partial charge in [-0.05, 0) is 31.0 Å². The third-order valence-corrected chi connectivity index (χ3v) is 5.04. The molecule has 1 N–H and O–H groups in total. The lowest BCUT2D eigenvalue weighted by molar-refractivity contribution is -0.132. The SMILES string of the molecule is CCc1nccn1CCC(=O)N1CCC[C@@H]1c1nc2ccc(F)cc2[nH]1. The third kappa shape index (κ3) is 3.09. The van der Waals surface area contributed by atoms with Crippen LogP contribution < -0.4 is 0 Å². The predicted molar refractivity (Wildman–Crippen MR) is 96.0 cm³/mol. The Labute approximate surface area is 151 Å². The number of nitrogens with zero attached hydrogens (tertiary/aromatic N) is 4. The van der Waals surface area contributed by atoms with E-state index in [4.69, 9.17) is 0 Å². The molecule has 1 amide bonds. The van der Waals surface area contributed by atoms with Crippen LogP contribution in [0.4, 0.5) is 4.39 Å². The number of halogens is 1. The molecular weight excluding hydrogens is 333 g/mol. The largest absolute Gasteiger partial charge is 0.340 e. The number of amides is 1. The Hall–Kier alpha value is -2.70. The van der Waals surface area contributed by atoms with Gasteiger partial charge in [-0.15, -0.1) is 0 Å². The van der Waals surface area contributed by atoms with Crippen molar-refractivity contribution in [2.75, 3.05) is 6.54 Å². The Kier molecular flexibility index (Phi) is 4.44. The van der Waals surface area contributed by atoms with Crippen LogP contribution in [-0.4, -0.2) is 36.9 Å². The van der Waals surface area contributed by atoms with E-state index in [9.17, 15) is 9.18 Å². The molecule has 136 valence electrons. The zero-order valence-electron chi connectivity index (χ0n) is 14.8. The van der Waals surface area contributed by atoms with E-state index in [-0.39, 0.29) is 17.8 Å². The first-order valence-corrected chi connectivity index (χ1v) is 9.10. The van der Waals surface area contributed by atoms with E-state index in [1.807, 2.05) is 15.7 Å². The number of aromatic nitrogens is 4. The summed E-state index contributed by atoms with van der Waals surface area (Å²) in [5.74, 6) is 1.57. The maximum Gasteiger partial charge on any atom is 0.224 e. The Morgan fingerprint density at radius 3 is 3.15 bits per heavy atom. The number of likely N-dealkylation sites (tertiary alicyclic amines) is 1. The van der Waals surface area contributed by atoms with Gasteiger partial charge in [0.25, 0.3) is 0 Å². The number of imidazole rings is 2. The van der Waals surface area contributed by atoms with Crippen LogP contribution in [-0.2, 0) is 17.8 Å². The lowest BCUT2D eigenvalue weighted by atomic mass is 10.2. The molecule has 3 heterocycles. The van der Waals surface area contributed by atoms with Crippen LogP contribution in [0.2, 0.25) is 0 Å². The van der Waals surface area contributed by atoms with Crippen molar-refractivity contribution in [3.63, 3.8) is 0 Å². The van der Waals surface area contributed by atoms with Gasteiger partial charge in [0, 0.05) is 38.3 Å². The van der Waals surface area contributed by atoms with Crippen molar-refractivity contribution in [3.8, 4) is 0 Å². The number of fused-ring (bicyclic) bond motifs is 1. The molecule has 1 fully saturated rings. The molecule has 0 bridgehead atoms. The number of aryl methyl sites for hydroxylation is 2. The maximum absolute atomic E-state index is 13.4. The molecule has 4 rings (SSSR count). The van der Waals surface area contributed by atoms with Gasteiger partial charge >= 0.3 is 0 Å². The molecule has 1 aromatic carbocycles. The second-order valence-corrected chi connectivity index (χ2v) is 6.67. The molecule has 2 aromatic heterocycles. The summed E-state index contributed by atoms with van der Waals surface area (Å²) < 4.78 is 15.4. The highest BCUT2D eigenvalue weighted by atomic mass is 19.1. The molecule has 1 aliphatic rings. The molecule has 1 saturated heterocycles.